The lowest BCUT2D eigenvalue weighted by Crippen LogP contribution is -2.21. The van der Waals surface area contributed by atoms with E-state index in [-0.39, 0.29) is 10.8 Å². The number of nitrogens with one attached hydrogen (secondary N) is 2. The topological polar surface area (TPSA) is 53.0 Å². The first-order chi connectivity index (χ1) is 11.1. The number of hydrogen-bond acceptors (Lipinski definition) is 2. The van der Waals surface area contributed by atoms with E-state index in [1.165, 1.54) is 5.56 Å². The predicted octanol–water partition coefficient (Wildman–Crippen LogP) is 5.15. The van der Waals surface area contributed by atoms with Crippen LogP contribution in [0, 0.1) is 0 Å². The molecule has 3 aromatic rings. The molecule has 0 amide bonds. The van der Waals surface area contributed by atoms with Crippen LogP contribution in [0.5, 0.6) is 5.75 Å². The smallest absolute Gasteiger partial charge is 0.144 e. The first kappa shape index (κ1) is 16.5. The largest absolute Gasteiger partial charge is 0.505 e. The van der Waals surface area contributed by atoms with Crippen molar-refractivity contribution < 1.29 is 5.11 Å². The van der Waals surface area contributed by atoms with E-state index in [1.54, 1.807) is 0 Å². The zero-order valence-corrected chi connectivity index (χ0v) is 15.4. The van der Waals surface area contributed by atoms with Crippen molar-refractivity contribution in [3.8, 4) is 5.75 Å². The van der Waals surface area contributed by atoms with E-state index in [2.05, 4.69) is 58.1 Å². The molecule has 0 aliphatic heterocycles. The Labute approximate surface area is 143 Å². The highest BCUT2D eigenvalue weighted by atomic mass is 16.3. The number of phenols is 1. The van der Waals surface area contributed by atoms with E-state index in [0.29, 0.717) is 11.4 Å². The molecule has 2 aromatic carbocycles. The SMILES string of the molecule is CC(C)(C)c1cc(Nn2[nH]c3ccccc32)c(O)c(C(C)(C)C)c1. The van der Waals surface area contributed by atoms with Gasteiger partial charge in [-0.3, -0.25) is 10.5 Å². The summed E-state index contributed by atoms with van der Waals surface area (Å²) in [5.74, 6) is 0.307. The molecule has 1 heterocycles. The van der Waals surface area contributed by atoms with E-state index >= 15 is 0 Å². The molecule has 0 aliphatic carbocycles. The van der Waals surface area contributed by atoms with Crippen LogP contribution in [0.2, 0.25) is 0 Å². The third kappa shape index (κ3) is 2.88. The van der Waals surface area contributed by atoms with Crippen LogP contribution in [0.1, 0.15) is 52.7 Å². The Bertz CT molecular complexity index is 873. The van der Waals surface area contributed by atoms with Crippen LogP contribution in [0.4, 0.5) is 5.69 Å². The summed E-state index contributed by atoms with van der Waals surface area (Å²) >= 11 is 0. The summed E-state index contributed by atoms with van der Waals surface area (Å²) in [5.41, 5.74) is 8.17. The average molecular weight is 325 g/mol. The van der Waals surface area contributed by atoms with Crippen molar-refractivity contribution in [3.63, 3.8) is 0 Å². The Morgan fingerprint density at radius 2 is 1.62 bits per heavy atom. The number of hydrogen-bond donors (Lipinski definition) is 3. The summed E-state index contributed by atoms with van der Waals surface area (Å²) in [6, 6.07) is 12.2. The molecule has 0 spiro atoms. The fraction of sp³-hybridized carbons (Fsp3) is 0.400. The lowest BCUT2D eigenvalue weighted by Gasteiger charge is -2.28. The number of aromatic hydroxyl groups is 1. The minimum absolute atomic E-state index is 0.00438. The summed E-state index contributed by atoms with van der Waals surface area (Å²) in [4.78, 5) is 1.84. The van der Waals surface area contributed by atoms with Gasteiger partial charge in [-0.1, -0.05) is 59.7 Å². The van der Waals surface area contributed by atoms with Crippen LogP contribution >= 0.6 is 0 Å². The van der Waals surface area contributed by atoms with Crippen LogP contribution in [0.3, 0.4) is 0 Å². The molecule has 128 valence electrons. The molecule has 0 fully saturated rings. The number of benzene rings is 2. The lowest BCUT2D eigenvalue weighted by molar-refractivity contribution is 0.445. The number of anilines is 1. The second kappa shape index (κ2) is 5.33. The Balaban J connectivity index is 2.09. The van der Waals surface area contributed by atoms with E-state index in [0.717, 1.165) is 16.6 Å². The Hall–Kier alpha value is -2.36. The van der Waals surface area contributed by atoms with E-state index < -0.39 is 0 Å². The zero-order valence-electron chi connectivity index (χ0n) is 15.4. The minimum atomic E-state index is -0.137. The van der Waals surface area contributed by atoms with Crippen molar-refractivity contribution >= 4 is 16.7 Å². The first-order valence-electron chi connectivity index (χ1n) is 8.38. The highest BCUT2D eigenvalue weighted by Crippen LogP contribution is 2.40. The van der Waals surface area contributed by atoms with Gasteiger partial charge in [0.25, 0.3) is 0 Å². The maximum absolute atomic E-state index is 10.8. The molecule has 0 aliphatic rings. The summed E-state index contributed by atoms with van der Waals surface area (Å²) < 4.78 is 0. The number of rotatable bonds is 2. The van der Waals surface area contributed by atoms with Gasteiger partial charge in [0.05, 0.1) is 11.2 Å². The molecule has 24 heavy (non-hydrogen) atoms. The number of fused-ring (bicyclic) bond motifs is 1. The summed E-state index contributed by atoms with van der Waals surface area (Å²) in [7, 11) is 0. The van der Waals surface area contributed by atoms with Gasteiger partial charge >= 0.3 is 0 Å². The molecule has 3 rings (SSSR count). The van der Waals surface area contributed by atoms with Crippen molar-refractivity contribution in [2.45, 2.75) is 52.4 Å². The fourth-order valence-corrected chi connectivity index (χ4v) is 2.82. The summed E-state index contributed by atoms with van der Waals surface area (Å²) in [6.45, 7) is 12.9. The number of phenolic OH excluding ortho intramolecular Hbond substituents is 1. The zero-order chi connectivity index (χ0) is 17.7. The average Bonchev–Trinajstić information content (AvgIpc) is 2.43. The monoisotopic (exact) mass is 325 g/mol. The van der Waals surface area contributed by atoms with Crippen molar-refractivity contribution in [1.82, 2.24) is 9.89 Å². The van der Waals surface area contributed by atoms with Gasteiger partial charge in [-0.2, -0.15) is 4.79 Å². The molecular weight excluding hydrogens is 298 g/mol. The first-order valence-corrected chi connectivity index (χ1v) is 8.38. The number of aromatic amines is 1. The Morgan fingerprint density at radius 1 is 0.958 bits per heavy atom. The molecule has 4 nitrogen and oxygen atoms in total. The van der Waals surface area contributed by atoms with Crippen LogP contribution in [0.25, 0.3) is 11.0 Å². The molecule has 4 heteroatoms. The van der Waals surface area contributed by atoms with Gasteiger partial charge in [-0.25, -0.2) is 0 Å². The number of para-hydroxylation sites is 2. The summed E-state index contributed by atoms with van der Waals surface area (Å²) in [5, 5.41) is 14.0. The highest BCUT2D eigenvalue weighted by Gasteiger charge is 2.25. The van der Waals surface area contributed by atoms with Crippen LogP contribution in [0.15, 0.2) is 36.4 Å². The Kier molecular flexibility index (Phi) is 3.67. The van der Waals surface area contributed by atoms with Crippen molar-refractivity contribution in [3.05, 3.63) is 47.5 Å². The van der Waals surface area contributed by atoms with Gasteiger partial charge in [-0.15, -0.1) is 0 Å². The molecule has 0 atom stereocenters. The van der Waals surface area contributed by atoms with Crippen LogP contribution < -0.4 is 5.43 Å². The minimum Gasteiger partial charge on any atom is -0.505 e. The molecule has 0 radical (unpaired) electrons. The molecule has 1 aromatic heterocycles. The molecule has 0 bridgehead atoms. The lowest BCUT2D eigenvalue weighted by atomic mass is 9.80. The van der Waals surface area contributed by atoms with Gasteiger partial charge < -0.3 is 5.11 Å². The van der Waals surface area contributed by atoms with Crippen LogP contribution in [-0.2, 0) is 10.8 Å². The van der Waals surface area contributed by atoms with Gasteiger partial charge in [0.15, 0.2) is 0 Å². The van der Waals surface area contributed by atoms with E-state index in [1.807, 2.05) is 35.1 Å². The van der Waals surface area contributed by atoms with Crippen LogP contribution in [-0.4, -0.2) is 15.0 Å². The standard InChI is InChI=1S/C20H27N3O/c1-19(2,3)13-11-14(20(4,5)6)18(24)16(12-13)22-23-17-10-8-7-9-15(17)21-23/h7-12,21-22,24H,1-6H3. The van der Waals surface area contributed by atoms with Gasteiger partial charge in [0.1, 0.15) is 11.3 Å². The van der Waals surface area contributed by atoms with E-state index in [4.69, 9.17) is 0 Å². The predicted molar refractivity (Wildman–Crippen MR) is 101 cm³/mol. The molecule has 0 saturated carbocycles. The number of nitrogens with zero attached hydrogens (tertiary/aromatic N) is 1. The maximum atomic E-state index is 10.8. The van der Waals surface area contributed by atoms with Crippen molar-refractivity contribution in [2.75, 3.05) is 5.43 Å². The summed E-state index contributed by atoms with van der Waals surface area (Å²) in [6.07, 6.45) is 0. The third-order valence-corrected chi connectivity index (χ3v) is 4.39. The van der Waals surface area contributed by atoms with Crippen molar-refractivity contribution in [2.24, 2.45) is 0 Å². The third-order valence-electron chi connectivity index (χ3n) is 4.39. The second-order valence-corrected chi connectivity index (χ2v) is 8.50. The quantitative estimate of drug-likeness (QED) is 0.571. The van der Waals surface area contributed by atoms with Gasteiger partial charge in [0, 0.05) is 5.56 Å². The molecular formula is C20H27N3O. The molecule has 0 saturated heterocycles. The van der Waals surface area contributed by atoms with Crippen molar-refractivity contribution in [1.29, 1.82) is 0 Å². The van der Waals surface area contributed by atoms with E-state index in [9.17, 15) is 5.11 Å². The molecule has 0 unspecified atom stereocenters. The number of aromatic nitrogens is 2. The normalized spacial score (nSPS) is 12.8. The van der Waals surface area contributed by atoms with Gasteiger partial charge in [-0.05, 0) is 34.6 Å². The maximum Gasteiger partial charge on any atom is 0.144 e. The second-order valence-electron chi connectivity index (χ2n) is 8.50. The fourth-order valence-electron chi connectivity index (χ4n) is 2.82. The Morgan fingerprint density at radius 3 is 2.21 bits per heavy atom. The number of H-pyrrole nitrogens is 1. The molecule has 3 N–H and O–H groups in total. The van der Waals surface area contributed by atoms with Gasteiger partial charge in [0.2, 0.25) is 0 Å². The highest BCUT2D eigenvalue weighted by molar-refractivity contribution is 5.78.